The highest BCUT2D eigenvalue weighted by Gasteiger charge is 2.23. The first-order valence-electron chi connectivity index (χ1n) is 8.30. The van der Waals surface area contributed by atoms with Gasteiger partial charge in [-0.05, 0) is 43.9 Å². The highest BCUT2D eigenvalue weighted by atomic mass is 16.5. The summed E-state index contributed by atoms with van der Waals surface area (Å²) in [5.41, 5.74) is 4.57. The minimum absolute atomic E-state index is 0.0344. The van der Waals surface area contributed by atoms with Crippen molar-refractivity contribution >= 4 is 11.0 Å². The molecule has 4 rings (SSSR count). The summed E-state index contributed by atoms with van der Waals surface area (Å²) in [7, 11) is 0. The molecule has 7 nitrogen and oxygen atoms in total. The van der Waals surface area contributed by atoms with E-state index in [1.165, 1.54) is 11.1 Å². The number of H-pyrrole nitrogens is 1. The minimum atomic E-state index is -0.0344. The maximum Gasteiger partial charge on any atom is 0.255 e. The quantitative estimate of drug-likeness (QED) is 0.749. The van der Waals surface area contributed by atoms with E-state index in [0.29, 0.717) is 24.8 Å². The zero-order valence-corrected chi connectivity index (χ0v) is 13.9. The molecule has 3 heterocycles. The van der Waals surface area contributed by atoms with Crippen molar-refractivity contribution in [3.05, 3.63) is 40.8 Å². The van der Waals surface area contributed by atoms with Crippen molar-refractivity contribution in [2.45, 2.75) is 45.9 Å². The van der Waals surface area contributed by atoms with Crippen LogP contribution >= 0.6 is 0 Å². The monoisotopic (exact) mass is 327 g/mol. The zero-order chi connectivity index (χ0) is 16.5. The second kappa shape index (κ2) is 6.33. The highest BCUT2D eigenvalue weighted by molar-refractivity contribution is 5.79. The number of aromatic amines is 1. The van der Waals surface area contributed by atoms with Crippen molar-refractivity contribution in [2.24, 2.45) is 0 Å². The molecule has 0 aliphatic carbocycles. The van der Waals surface area contributed by atoms with Gasteiger partial charge in [0, 0.05) is 6.61 Å². The van der Waals surface area contributed by atoms with Crippen LogP contribution in [-0.2, 0) is 17.8 Å². The molecule has 24 heavy (non-hydrogen) atoms. The molecule has 0 spiro atoms. The van der Waals surface area contributed by atoms with Crippen LogP contribution in [0.1, 0.15) is 47.6 Å². The third-order valence-electron chi connectivity index (χ3n) is 4.49. The SMILES string of the molecule is Cc1ccc2[nH]c(CNCc3noc([C@@H]4CCCO4)n3)nc2c1C. The van der Waals surface area contributed by atoms with Crippen LogP contribution in [0.5, 0.6) is 0 Å². The van der Waals surface area contributed by atoms with Crippen molar-refractivity contribution in [3.8, 4) is 0 Å². The lowest BCUT2D eigenvalue weighted by Crippen LogP contribution is -2.14. The molecule has 1 aromatic carbocycles. The number of imidazole rings is 1. The average Bonchev–Trinajstić information content (AvgIpc) is 3.30. The van der Waals surface area contributed by atoms with E-state index in [0.717, 1.165) is 36.3 Å². The summed E-state index contributed by atoms with van der Waals surface area (Å²) in [6, 6.07) is 4.18. The maximum atomic E-state index is 5.55. The summed E-state index contributed by atoms with van der Waals surface area (Å²) in [6.45, 7) is 6.12. The van der Waals surface area contributed by atoms with E-state index in [1.807, 2.05) is 0 Å². The Morgan fingerprint density at radius 1 is 1.25 bits per heavy atom. The van der Waals surface area contributed by atoms with Gasteiger partial charge in [0.15, 0.2) is 5.82 Å². The molecule has 1 aliphatic heterocycles. The number of nitrogens with one attached hydrogen (secondary N) is 2. The van der Waals surface area contributed by atoms with Crippen LogP contribution in [0.4, 0.5) is 0 Å². The summed E-state index contributed by atoms with van der Waals surface area (Å²) in [6.07, 6.45) is 1.96. The van der Waals surface area contributed by atoms with E-state index in [1.54, 1.807) is 0 Å². The Labute approximate surface area is 139 Å². The Bertz CT molecular complexity index is 848. The number of aryl methyl sites for hydroxylation is 2. The molecule has 1 saturated heterocycles. The van der Waals surface area contributed by atoms with E-state index < -0.39 is 0 Å². The fourth-order valence-corrected chi connectivity index (χ4v) is 2.98. The number of hydrogen-bond donors (Lipinski definition) is 2. The smallest absolute Gasteiger partial charge is 0.255 e. The molecular formula is C17H21N5O2. The molecule has 0 saturated carbocycles. The Hall–Kier alpha value is -2.25. The van der Waals surface area contributed by atoms with Gasteiger partial charge in [-0.1, -0.05) is 11.2 Å². The lowest BCUT2D eigenvalue weighted by atomic mass is 10.1. The molecule has 2 aromatic heterocycles. The zero-order valence-electron chi connectivity index (χ0n) is 13.9. The van der Waals surface area contributed by atoms with Gasteiger partial charge in [0.1, 0.15) is 11.9 Å². The van der Waals surface area contributed by atoms with E-state index in [2.05, 4.69) is 51.4 Å². The van der Waals surface area contributed by atoms with Crippen molar-refractivity contribution in [1.29, 1.82) is 0 Å². The third kappa shape index (κ3) is 2.92. The molecule has 0 unspecified atom stereocenters. The van der Waals surface area contributed by atoms with E-state index in [-0.39, 0.29) is 6.10 Å². The molecule has 0 bridgehead atoms. The van der Waals surface area contributed by atoms with Gasteiger partial charge in [0.2, 0.25) is 0 Å². The fraction of sp³-hybridized carbons (Fsp3) is 0.471. The molecule has 3 aromatic rings. The molecule has 1 fully saturated rings. The Morgan fingerprint density at radius 3 is 3.00 bits per heavy atom. The van der Waals surface area contributed by atoms with Gasteiger partial charge in [-0.3, -0.25) is 0 Å². The maximum absolute atomic E-state index is 5.55. The molecule has 126 valence electrons. The summed E-state index contributed by atoms with van der Waals surface area (Å²) in [4.78, 5) is 12.4. The van der Waals surface area contributed by atoms with Crippen LogP contribution < -0.4 is 5.32 Å². The number of ether oxygens (including phenoxy) is 1. The second-order valence-corrected chi connectivity index (χ2v) is 6.24. The number of aromatic nitrogens is 4. The first kappa shape index (κ1) is 15.3. The van der Waals surface area contributed by atoms with E-state index >= 15 is 0 Å². The van der Waals surface area contributed by atoms with Crippen molar-refractivity contribution in [2.75, 3.05) is 6.61 Å². The Morgan fingerprint density at radius 2 is 2.17 bits per heavy atom. The second-order valence-electron chi connectivity index (χ2n) is 6.24. The lowest BCUT2D eigenvalue weighted by molar-refractivity contribution is 0.0835. The van der Waals surface area contributed by atoms with Crippen LogP contribution in [0.15, 0.2) is 16.7 Å². The van der Waals surface area contributed by atoms with Gasteiger partial charge >= 0.3 is 0 Å². The molecular weight excluding hydrogens is 306 g/mol. The topological polar surface area (TPSA) is 88.9 Å². The normalized spacial score (nSPS) is 17.8. The van der Waals surface area contributed by atoms with Gasteiger partial charge < -0.3 is 19.6 Å². The minimum Gasteiger partial charge on any atom is -0.368 e. The molecule has 0 radical (unpaired) electrons. The van der Waals surface area contributed by atoms with Crippen molar-refractivity contribution < 1.29 is 9.26 Å². The molecule has 0 amide bonds. The van der Waals surface area contributed by atoms with Gasteiger partial charge in [-0.15, -0.1) is 0 Å². The van der Waals surface area contributed by atoms with Crippen molar-refractivity contribution in [1.82, 2.24) is 25.4 Å². The van der Waals surface area contributed by atoms with Gasteiger partial charge in [0.25, 0.3) is 5.89 Å². The molecule has 2 N–H and O–H groups in total. The fourth-order valence-electron chi connectivity index (χ4n) is 2.98. The summed E-state index contributed by atoms with van der Waals surface area (Å²) < 4.78 is 10.8. The van der Waals surface area contributed by atoms with E-state index in [9.17, 15) is 0 Å². The highest BCUT2D eigenvalue weighted by Crippen LogP contribution is 2.26. The largest absolute Gasteiger partial charge is 0.368 e. The van der Waals surface area contributed by atoms with Crippen LogP contribution in [0.3, 0.4) is 0 Å². The number of nitrogens with zero attached hydrogens (tertiary/aromatic N) is 3. The van der Waals surface area contributed by atoms with Crippen LogP contribution in [0.25, 0.3) is 11.0 Å². The first-order valence-corrected chi connectivity index (χ1v) is 8.30. The van der Waals surface area contributed by atoms with Gasteiger partial charge in [-0.25, -0.2) is 4.98 Å². The first-order chi connectivity index (χ1) is 11.7. The van der Waals surface area contributed by atoms with E-state index in [4.69, 9.17) is 9.26 Å². The Kier molecular flexibility index (Phi) is 4.03. The standard InChI is InChI=1S/C17H21N5O2/c1-10-5-6-12-16(11(10)2)20-14(19-12)8-18-9-15-21-17(24-22-15)13-4-3-7-23-13/h5-6,13,18H,3-4,7-9H2,1-2H3,(H,19,20)/t13-/m0/s1. The molecule has 1 aliphatic rings. The number of fused-ring (bicyclic) bond motifs is 1. The Balaban J connectivity index is 1.38. The number of hydrogen-bond acceptors (Lipinski definition) is 6. The average molecular weight is 327 g/mol. The lowest BCUT2D eigenvalue weighted by Gasteiger charge is -2.00. The van der Waals surface area contributed by atoms with Crippen LogP contribution in [-0.4, -0.2) is 26.7 Å². The van der Waals surface area contributed by atoms with Gasteiger partial charge in [0.05, 0.1) is 24.1 Å². The predicted octanol–water partition coefficient (Wildman–Crippen LogP) is 2.70. The van der Waals surface area contributed by atoms with Crippen LogP contribution in [0, 0.1) is 13.8 Å². The third-order valence-corrected chi connectivity index (χ3v) is 4.49. The predicted molar refractivity (Wildman–Crippen MR) is 88.3 cm³/mol. The summed E-state index contributed by atoms with van der Waals surface area (Å²) >= 11 is 0. The number of rotatable bonds is 5. The summed E-state index contributed by atoms with van der Waals surface area (Å²) in [5, 5.41) is 7.30. The number of benzene rings is 1. The van der Waals surface area contributed by atoms with Crippen molar-refractivity contribution in [3.63, 3.8) is 0 Å². The van der Waals surface area contributed by atoms with Gasteiger partial charge in [-0.2, -0.15) is 4.98 Å². The summed E-state index contributed by atoms with van der Waals surface area (Å²) in [5.74, 6) is 2.13. The van der Waals surface area contributed by atoms with Crippen LogP contribution in [0.2, 0.25) is 0 Å². The molecule has 1 atom stereocenters. The molecule has 7 heteroatoms.